The van der Waals surface area contributed by atoms with Crippen LogP contribution in [0.4, 0.5) is 0 Å². The first-order valence-corrected chi connectivity index (χ1v) is 7.55. The Bertz CT molecular complexity index is 852. The van der Waals surface area contributed by atoms with E-state index in [9.17, 15) is 4.79 Å². The zero-order chi connectivity index (χ0) is 16.0. The van der Waals surface area contributed by atoms with E-state index in [0.29, 0.717) is 5.69 Å². The lowest BCUT2D eigenvalue weighted by molar-refractivity contribution is 0.0715. The predicted octanol–water partition coefficient (Wildman–Crippen LogP) is 3.83. The Balaban J connectivity index is 1.80. The number of fused-ring (bicyclic) bond motifs is 3. The van der Waals surface area contributed by atoms with Crippen molar-refractivity contribution in [3.05, 3.63) is 77.2 Å². The molecule has 1 heterocycles. The van der Waals surface area contributed by atoms with E-state index in [4.69, 9.17) is 4.52 Å². The summed E-state index contributed by atoms with van der Waals surface area (Å²) in [4.78, 5) is 14.5. The molecule has 0 saturated heterocycles. The van der Waals surface area contributed by atoms with Gasteiger partial charge in [-0.25, -0.2) is 0 Å². The summed E-state index contributed by atoms with van der Waals surface area (Å²) < 4.78 is 5.14. The van der Waals surface area contributed by atoms with Crippen LogP contribution >= 0.6 is 0 Å². The van der Waals surface area contributed by atoms with E-state index < -0.39 is 0 Å². The Morgan fingerprint density at radius 1 is 1.04 bits per heavy atom. The van der Waals surface area contributed by atoms with Gasteiger partial charge < -0.3 is 9.42 Å². The minimum atomic E-state index is -0.165. The molecule has 23 heavy (non-hydrogen) atoms. The van der Waals surface area contributed by atoms with Gasteiger partial charge >= 0.3 is 0 Å². The minimum Gasteiger partial charge on any atom is -0.351 e. The van der Waals surface area contributed by atoms with Crippen LogP contribution in [-0.2, 0) is 0 Å². The molecule has 1 aliphatic rings. The van der Waals surface area contributed by atoms with Crippen LogP contribution in [0.2, 0.25) is 0 Å². The lowest BCUT2D eigenvalue weighted by Gasteiger charge is -2.25. The topological polar surface area (TPSA) is 46.3 Å². The van der Waals surface area contributed by atoms with Crippen LogP contribution in [0, 0.1) is 6.92 Å². The summed E-state index contributed by atoms with van der Waals surface area (Å²) in [5.41, 5.74) is 5.35. The fourth-order valence-corrected chi connectivity index (χ4v) is 3.30. The van der Waals surface area contributed by atoms with E-state index >= 15 is 0 Å². The molecule has 0 N–H and O–H groups in total. The van der Waals surface area contributed by atoms with Crippen LogP contribution in [-0.4, -0.2) is 23.0 Å². The highest BCUT2D eigenvalue weighted by Gasteiger charge is 2.34. The van der Waals surface area contributed by atoms with Crippen molar-refractivity contribution in [3.8, 4) is 11.1 Å². The molecule has 3 aromatic rings. The maximum Gasteiger partial charge on any atom is 0.292 e. The highest BCUT2D eigenvalue weighted by molar-refractivity contribution is 5.93. The van der Waals surface area contributed by atoms with Gasteiger partial charge in [0.1, 0.15) is 0 Å². The third-order valence-electron chi connectivity index (χ3n) is 4.35. The highest BCUT2D eigenvalue weighted by atomic mass is 16.5. The zero-order valence-corrected chi connectivity index (χ0v) is 13.0. The molecule has 0 unspecified atom stereocenters. The number of aromatic nitrogens is 1. The number of hydrogen-bond donors (Lipinski definition) is 0. The standard InChI is InChI=1S/C19H16N2O2/c1-12-11-17(23-20-12)19(22)21(2)18-15-9-5-3-7-13(15)14-8-4-6-10-16(14)18/h3-11,18H,1-2H3. The predicted molar refractivity (Wildman–Crippen MR) is 87.1 cm³/mol. The van der Waals surface area contributed by atoms with Gasteiger partial charge in [-0.2, -0.15) is 0 Å². The van der Waals surface area contributed by atoms with Gasteiger partial charge in [0.15, 0.2) is 0 Å². The second-order valence-corrected chi connectivity index (χ2v) is 5.83. The number of hydrogen-bond acceptors (Lipinski definition) is 3. The van der Waals surface area contributed by atoms with Crippen LogP contribution < -0.4 is 0 Å². The second-order valence-electron chi connectivity index (χ2n) is 5.83. The van der Waals surface area contributed by atoms with E-state index in [1.165, 1.54) is 11.1 Å². The molecule has 1 amide bonds. The van der Waals surface area contributed by atoms with Gasteiger partial charge in [0.25, 0.3) is 5.91 Å². The third kappa shape index (κ3) is 2.06. The number of benzene rings is 2. The first-order valence-electron chi connectivity index (χ1n) is 7.55. The lowest BCUT2D eigenvalue weighted by Crippen LogP contribution is -2.30. The molecule has 0 aliphatic heterocycles. The molecule has 2 aromatic carbocycles. The summed E-state index contributed by atoms with van der Waals surface area (Å²) >= 11 is 0. The molecule has 0 spiro atoms. The molecule has 0 fully saturated rings. The number of rotatable bonds is 2. The van der Waals surface area contributed by atoms with Gasteiger partial charge in [-0.3, -0.25) is 4.79 Å². The molecular weight excluding hydrogens is 288 g/mol. The van der Waals surface area contributed by atoms with Crippen LogP contribution in [0.15, 0.2) is 59.1 Å². The number of aryl methyl sites for hydroxylation is 1. The number of amides is 1. The Hall–Kier alpha value is -2.88. The van der Waals surface area contributed by atoms with Gasteiger partial charge in [0.05, 0.1) is 11.7 Å². The van der Waals surface area contributed by atoms with Crippen LogP contribution in [0.5, 0.6) is 0 Å². The quantitative estimate of drug-likeness (QED) is 0.723. The van der Waals surface area contributed by atoms with Crippen molar-refractivity contribution in [1.82, 2.24) is 10.1 Å². The first-order chi connectivity index (χ1) is 11.2. The number of carbonyl (C=O) groups is 1. The van der Waals surface area contributed by atoms with E-state index in [-0.39, 0.29) is 17.7 Å². The lowest BCUT2D eigenvalue weighted by atomic mass is 10.0. The maximum absolute atomic E-state index is 12.8. The van der Waals surface area contributed by atoms with Crippen molar-refractivity contribution in [2.45, 2.75) is 13.0 Å². The SMILES string of the molecule is Cc1cc(C(=O)N(C)C2c3ccccc3-c3ccccc32)on1. The second kappa shape index (κ2) is 5.09. The average Bonchev–Trinajstić information content (AvgIpc) is 3.15. The Morgan fingerprint density at radius 2 is 1.61 bits per heavy atom. The molecule has 4 nitrogen and oxygen atoms in total. The fourth-order valence-electron chi connectivity index (χ4n) is 3.30. The van der Waals surface area contributed by atoms with Crippen molar-refractivity contribution in [2.75, 3.05) is 7.05 Å². The van der Waals surface area contributed by atoms with E-state index in [0.717, 1.165) is 11.1 Å². The van der Waals surface area contributed by atoms with Gasteiger partial charge in [0.2, 0.25) is 5.76 Å². The van der Waals surface area contributed by atoms with E-state index in [2.05, 4.69) is 29.4 Å². The third-order valence-corrected chi connectivity index (χ3v) is 4.35. The molecule has 4 rings (SSSR count). The Kier molecular flexibility index (Phi) is 3.05. The largest absolute Gasteiger partial charge is 0.351 e. The van der Waals surface area contributed by atoms with Crippen molar-refractivity contribution < 1.29 is 9.32 Å². The van der Waals surface area contributed by atoms with Crippen molar-refractivity contribution in [3.63, 3.8) is 0 Å². The monoisotopic (exact) mass is 304 g/mol. The minimum absolute atomic E-state index is 0.111. The molecule has 1 aliphatic carbocycles. The molecular formula is C19H16N2O2. The van der Waals surface area contributed by atoms with Crippen molar-refractivity contribution in [1.29, 1.82) is 0 Å². The fraction of sp³-hybridized carbons (Fsp3) is 0.158. The van der Waals surface area contributed by atoms with Crippen molar-refractivity contribution in [2.24, 2.45) is 0 Å². The van der Waals surface area contributed by atoms with Crippen LogP contribution in [0.25, 0.3) is 11.1 Å². The van der Waals surface area contributed by atoms with Gasteiger partial charge in [0, 0.05) is 13.1 Å². The first kappa shape index (κ1) is 13.8. The number of nitrogens with zero attached hydrogens (tertiary/aromatic N) is 2. The Labute approximate surface area is 134 Å². The maximum atomic E-state index is 12.8. The van der Waals surface area contributed by atoms with E-state index in [1.807, 2.05) is 31.3 Å². The average molecular weight is 304 g/mol. The van der Waals surface area contributed by atoms with Crippen molar-refractivity contribution >= 4 is 5.91 Å². The smallest absolute Gasteiger partial charge is 0.292 e. The van der Waals surface area contributed by atoms with Gasteiger partial charge in [-0.15, -0.1) is 0 Å². The molecule has 0 saturated carbocycles. The summed E-state index contributed by atoms with van der Waals surface area (Å²) in [5, 5.41) is 3.81. The summed E-state index contributed by atoms with van der Waals surface area (Å²) in [5.74, 6) is 0.106. The Morgan fingerprint density at radius 3 is 2.13 bits per heavy atom. The molecule has 1 aromatic heterocycles. The van der Waals surface area contributed by atoms with Crippen LogP contribution in [0.3, 0.4) is 0 Å². The molecule has 0 atom stereocenters. The van der Waals surface area contributed by atoms with Gasteiger partial charge in [-0.1, -0.05) is 53.7 Å². The summed E-state index contributed by atoms with van der Waals surface area (Å²) in [6, 6.07) is 18.0. The normalized spacial score (nSPS) is 12.8. The molecule has 114 valence electrons. The van der Waals surface area contributed by atoms with Crippen LogP contribution in [0.1, 0.15) is 33.4 Å². The summed E-state index contributed by atoms with van der Waals surface area (Å²) in [7, 11) is 1.81. The zero-order valence-electron chi connectivity index (χ0n) is 13.0. The summed E-state index contributed by atoms with van der Waals surface area (Å²) in [6.07, 6.45) is 0. The molecule has 0 radical (unpaired) electrons. The van der Waals surface area contributed by atoms with E-state index in [1.54, 1.807) is 17.9 Å². The molecule has 4 heteroatoms. The van der Waals surface area contributed by atoms with Gasteiger partial charge in [-0.05, 0) is 29.2 Å². The number of carbonyl (C=O) groups excluding carboxylic acids is 1. The summed E-state index contributed by atoms with van der Waals surface area (Å²) in [6.45, 7) is 1.81. The molecule has 0 bridgehead atoms. The highest BCUT2D eigenvalue weighted by Crippen LogP contribution is 2.45.